The Morgan fingerprint density at radius 3 is 2.57 bits per heavy atom. The molecule has 4 unspecified atom stereocenters. The number of rotatable bonds is 2. The number of carboxylic acids is 1. The third kappa shape index (κ3) is 2.50. The Morgan fingerprint density at radius 2 is 1.86 bits per heavy atom. The molecule has 118 valence electrons. The van der Waals surface area contributed by atoms with Crippen LogP contribution in [0.4, 0.5) is 4.79 Å². The number of fused-ring (bicyclic) bond motifs is 1. The van der Waals surface area contributed by atoms with E-state index < -0.39 is 12.0 Å². The summed E-state index contributed by atoms with van der Waals surface area (Å²) in [6.07, 6.45) is 5.77. The van der Waals surface area contributed by atoms with E-state index in [-0.39, 0.29) is 24.6 Å². The van der Waals surface area contributed by atoms with Gasteiger partial charge in [-0.1, -0.05) is 6.42 Å². The monoisotopic (exact) mass is 296 g/mol. The van der Waals surface area contributed by atoms with E-state index in [1.165, 1.54) is 0 Å². The number of carboxylic acid groups (broad SMARTS) is 1. The van der Waals surface area contributed by atoms with Crippen LogP contribution in [0.1, 0.15) is 38.5 Å². The molecular weight excluding hydrogens is 272 g/mol. The van der Waals surface area contributed by atoms with Crippen molar-refractivity contribution >= 4 is 12.0 Å². The first-order chi connectivity index (χ1) is 10.1. The molecule has 0 aromatic heterocycles. The first kappa shape index (κ1) is 14.6. The lowest BCUT2D eigenvalue weighted by Gasteiger charge is -2.38. The molecule has 2 N–H and O–H groups in total. The van der Waals surface area contributed by atoms with Crippen molar-refractivity contribution in [2.24, 2.45) is 11.8 Å². The van der Waals surface area contributed by atoms with Gasteiger partial charge in [0.15, 0.2) is 0 Å². The molecule has 2 aliphatic heterocycles. The number of aliphatic hydroxyl groups is 1. The molecule has 6 heteroatoms. The molecule has 0 bridgehead atoms. The number of aliphatic hydroxyl groups excluding tert-OH is 1. The van der Waals surface area contributed by atoms with Gasteiger partial charge in [0, 0.05) is 13.1 Å². The smallest absolute Gasteiger partial charge is 0.326 e. The molecule has 3 rings (SSSR count). The van der Waals surface area contributed by atoms with Crippen LogP contribution in [-0.4, -0.2) is 63.8 Å². The molecule has 3 fully saturated rings. The predicted molar refractivity (Wildman–Crippen MR) is 75.8 cm³/mol. The zero-order valence-corrected chi connectivity index (χ0v) is 12.3. The maximum Gasteiger partial charge on any atom is 0.326 e. The quantitative estimate of drug-likeness (QED) is 0.800. The van der Waals surface area contributed by atoms with E-state index in [0.29, 0.717) is 19.0 Å². The lowest BCUT2D eigenvalue weighted by Crippen LogP contribution is -2.54. The first-order valence-electron chi connectivity index (χ1n) is 8.04. The molecular formula is C15H24N2O4. The maximum atomic E-state index is 12.8. The van der Waals surface area contributed by atoms with Crippen molar-refractivity contribution < 1.29 is 19.8 Å². The second kappa shape index (κ2) is 5.83. The molecule has 0 aromatic rings. The van der Waals surface area contributed by atoms with Crippen molar-refractivity contribution in [3.05, 3.63) is 0 Å². The molecule has 1 aliphatic carbocycles. The highest BCUT2D eigenvalue weighted by molar-refractivity contribution is 5.84. The van der Waals surface area contributed by atoms with Gasteiger partial charge in [-0.25, -0.2) is 9.59 Å². The topological polar surface area (TPSA) is 81.1 Å². The Labute approximate surface area is 124 Å². The van der Waals surface area contributed by atoms with Gasteiger partial charge < -0.3 is 20.0 Å². The Bertz CT molecular complexity index is 428. The van der Waals surface area contributed by atoms with Crippen LogP contribution in [0.5, 0.6) is 0 Å². The van der Waals surface area contributed by atoms with Crippen molar-refractivity contribution in [2.45, 2.75) is 50.6 Å². The number of urea groups is 1. The Morgan fingerprint density at radius 1 is 1.05 bits per heavy atom. The zero-order valence-electron chi connectivity index (χ0n) is 12.3. The average Bonchev–Trinajstić information content (AvgIpc) is 3.06. The number of carbonyl (C=O) groups excluding carboxylic acids is 1. The maximum absolute atomic E-state index is 12.8. The van der Waals surface area contributed by atoms with Crippen molar-refractivity contribution in [1.82, 2.24) is 9.80 Å². The lowest BCUT2D eigenvalue weighted by atomic mass is 9.94. The summed E-state index contributed by atoms with van der Waals surface area (Å²) in [5.74, 6) is -0.424. The molecule has 2 heterocycles. The summed E-state index contributed by atoms with van der Waals surface area (Å²) < 4.78 is 0. The number of piperidine rings is 1. The lowest BCUT2D eigenvalue weighted by molar-refractivity contribution is -0.142. The molecule has 0 spiro atoms. The number of hydrogen-bond donors (Lipinski definition) is 2. The van der Waals surface area contributed by atoms with E-state index in [4.69, 9.17) is 0 Å². The number of carbonyl (C=O) groups is 2. The number of amides is 2. The second-order valence-electron chi connectivity index (χ2n) is 6.60. The Kier molecular flexibility index (Phi) is 4.06. The molecule has 0 radical (unpaired) electrons. The van der Waals surface area contributed by atoms with E-state index in [1.807, 2.05) is 0 Å². The van der Waals surface area contributed by atoms with Gasteiger partial charge in [-0.15, -0.1) is 0 Å². The van der Waals surface area contributed by atoms with E-state index in [1.54, 1.807) is 9.80 Å². The molecule has 21 heavy (non-hydrogen) atoms. The summed E-state index contributed by atoms with van der Waals surface area (Å²) in [6, 6.07) is -1.01. The van der Waals surface area contributed by atoms with Crippen LogP contribution in [0.15, 0.2) is 0 Å². The molecule has 4 atom stereocenters. The number of nitrogens with zero attached hydrogens (tertiary/aromatic N) is 2. The second-order valence-corrected chi connectivity index (χ2v) is 6.60. The van der Waals surface area contributed by atoms with Crippen LogP contribution in [0.3, 0.4) is 0 Å². The first-order valence-corrected chi connectivity index (χ1v) is 8.04. The Hall–Kier alpha value is -1.30. The molecule has 2 saturated heterocycles. The summed E-state index contributed by atoms with van der Waals surface area (Å²) in [6.45, 7) is 1.15. The van der Waals surface area contributed by atoms with E-state index >= 15 is 0 Å². The van der Waals surface area contributed by atoms with Gasteiger partial charge in [0.25, 0.3) is 0 Å². The fraction of sp³-hybridized carbons (Fsp3) is 0.867. The van der Waals surface area contributed by atoms with Crippen molar-refractivity contribution in [2.75, 3.05) is 19.7 Å². The minimum atomic E-state index is -0.879. The SMILES string of the molecule is O=C(O)C1C2CCCC2CN1C(=O)N1CCCCC1CO. The van der Waals surface area contributed by atoms with Gasteiger partial charge in [-0.2, -0.15) is 0 Å². The average molecular weight is 296 g/mol. The molecule has 6 nitrogen and oxygen atoms in total. The van der Waals surface area contributed by atoms with Crippen LogP contribution in [0, 0.1) is 11.8 Å². The molecule has 3 aliphatic rings. The Balaban J connectivity index is 1.78. The number of hydrogen-bond acceptors (Lipinski definition) is 3. The third-order valence-electron chi connectivity index (χ3n) is 5.47. The minimum Gasteiger partial charge on any atom is -0.480 e. The van der Waals surface area contributed by atoms with E-state index in [2.05, 4.69) is 0 Å². The van der Waals surface area contributed by atoms with E-state index in [0.717, 1.165) is 38.5 Å². The van der Waals surface area contributed by atoms with Gasteiger partial charge in [0.2, 0.25) is 0 Å². The number of aliphatic carboxylic acids is 1. The van der Waals surface area contributed by atoms with Crippen LogP contribution < -0.4 is 0 Å². The van der Waals surface area contributed by atoms with Gasteiger partial charge in [0.05, 0.1) is 12.6 Å². The summed E-state index contributed by atoms with van der Waals surface area (Å²) in [5, 5.41) is 19.0. The highest BCUT2D eigenvalue weighted by atomic mass is 16.4. The van der Waals surface area contributed by atoms with E-state index in [9.17, 15) is 19.8 Å². The molecule has 0 aromatic carbocycles. The van der Waals surface area contributed by atoms with Crippen molar-refractivity contribution in [3.8, 4) is 0 Å². The highest BCUT2D eigenvalue weighted by Crippen LogP contribution is 2.42. The van der Waals surface area contributed by atoms with Crippen LogP contribution in [0.25, 0.3) is 0 Å². The van der Waals surface area contributed by atoms with Crippen LogP contribution >= 0.6 is 0 Å². The van der Waals surface area contributed by atoms with Gasteiger partial charge in [-0.3, -0.25) is 0 Å². The van der Waals surface area contributed by atoms with Gasteiger partial charge in [0.1, 0.15) is 6.04 Å². The van der Waals surface area contributed by atoms with Crippen LogP contribution in [0.2, 0.25) is 0 Å². The summed E-state index contributed by atoms with van der Waals surface area (Å²) in [4.78, 5) is 27.7. The standard InChI is InChI=1S/C15H24N2O4/c18-9-11-5-1-2-7-16(11)15(21)17-8-10-4-3-6-12(10)13(17)14(19)20/h10-13,18H,1-9H2,(H,19,20). The third-order valence-corrected chi connectivity index (χ3v) is 5.47. The predicted octanol–water partition coefficient (Wildman–Crippen LogP) is 1.14. The van der Waals surface area contributed by atoms with Crippen molar-refractivity contribution in [1.29, 1.82) is 0 Å². The summed E-state index contributed by atoms with van der Waals surface area (Å²) in [7, 11) is 0. The van der Waals surface area contributed by atoms with Crippen LogP contribution in [-0.2, 0) is 4.79 Å². The van der Waals surface area contributed by atoms with Crippen molar-refractivity contribution in [3.63, 3.8) is 0 Å². The normalized spacial score (nSPS) is 35.9. The van der Waals surface area contributed by atoms with Gasteiger partial charge >= 0.3 is 12.0 Å². The minimum absolute atomic E-state index is 0.0375. The van der Waals surface area contributed by atoms with Gasteiger partial charge in [-0.05, 0) is 43.9 Å². The fourth-order valence-electron chi connectivity index (χ4n) is 4.43. The summed E-state index contributed by atoms with van der Waals surface area (Å²) in [5.41, 5.74) is 0. The highest BCUT2D eigenvalue weighted by Gasteiger charge is 2.50. The molecule has 1 saturated carbocycles. The fourth-order valence-corrected chi connectivity index (χ4v) is 4.43. The number of likely N-dealkylation sites (tertiary alicyclic amines) is 2. The largest absolute Gasteiger partial charge is 0.480 e. The summed E-state index contributed by atoms with van der Waals surface area (Å²) >= 11 is 0. The molecule has 2 amide bonds. The zero-order chi connectivity index (χ0) is 15.0.